The summed E-state index contributed by atoms with van der Waals surface area (Å²) in [6.45, 7) is 6.98. The number of likely N-dealkylation sites (N-methyl/N-ethyl adjacent to an activating group) is 1. The Bertz CT molecular complexity index is 934. The summed E-state index contributed by atoms with van der Waals surface area (Å²) < 4.78 is 1.13. The highest BCUT2D eigenvalue weighted by atomic mass is 32.1. The SMILES string of the molecule is CCC(=O)N[C@@H](Cc1nc2ccc(C(C)C)cc2s1)C(=O)N[C@H](CN(C)C)C1CCCCC1. The number of hydrogen-bond acceptors (Lipinski definition) is 5. The zero-order chi connectivity index (χ0) is 24.0. The van der Waals surface area contributed by atoms with Gasteiger partial charge in [0, 0.05) is 25.4 Å². The Kier molecular flexibility index (Phi) is 9.27. The molecule has 2 N–H and O–H groups in total. The van der Waals surface area contributed by atoms with Crippen molar-refractivity contribution in [1.29, 1.82) is 0 Å². The summed E-state index contributed by atoms with van der Waals surface area (Å²) in [6, 6.07) is 5.85. The number of rotatable bonds is 10. The molecule has 1 heterocycles. The van der Waals surface area contributed by atoms with Crippen LogP contribution >= 0.6 is 11.3 Å². The number of carbonyl (C=O) groups is 2. The van der Waals surface area contributed by atoms with Crippen molar-refractivity contribution < 1.29 is 9.59 Å². The molecule has 0 radical (unpaired) electrons. The molecule has 1 fully saturated rings. The second-order valence-corrected chi connectivity index (χ2v) is 11.1. The molecule has 0 unspecified atom stereocenters. The van der Waals surface area contributed by atoms with Crippen LogP contribution in [0.5, 0.6) is 0 Å². The van der Waals surface area contributed by atoms with Crippen LogP contribution in [-0.4, -0.2) is 54.4 Å². The first kappa shape index (κ1) is 25.6. The molecule has 0 saturated heterocycles. The van der Waals surface area contributed by atoms with Gasteiger partial charge in [-0.2, -0.15) is 0 Å². The fourth-order valence-electron chi connectivity index (χ4n) is 4.64. The van der Waals surface area contributed by atoms with Crippen molar-refractivity contribution in [3.8, 4) is 0 Å². The average Bonchev–Trinajstić information content (AvgIpc) is 3.19. The van der Waals surface area contributed by atoms with Crippen molar-refractivity contribution in [3.63, 3.8) is 0 Å². The molecule has 1 aliphatic carbocycles. The Labute approximate surface area is 202 Å². The monoisotopic (exact) mass is 472 g/mol. The van der Waals surface area contributed by atoms with E-state index in [-0.39, 0.29) is 17.9 Å². The molecule has 1 aromatic heterocycles. The van der Waals surface area contributed by atoms with Gasteiger partial charge in [-0.25, -0.2) is 4.98 Å². The zero-order valence-electron chi connectivity index (χ0n) is 20.8. The lowest BCUT2D eigenvalue weighted by Crippen LogP contribution is -2.54. The van der Waals surface area contributed by atoms with Crippen molar-refractivity contribution in [2.24, 2.45) is 5.92 Å². The number of amides is 2. The lowest BCUT2D eigenvalue weighted by Gasteiger charge is -2.33. The van der Waals surface area contributed by atoms with Gasteiger partial charge in [-0.3, -0.25) is 9.59 Å². The highest BCUT2D eigenvalue weighted by Gasteiger charge is 2.29. The second kappa shape index (κ2) is 11.9. The zero-order valence-corrected chi connectivity index (χ0v) is 21.6. The van der Waals surface area contributed by atoms with Gasteiger partial charge in [-0.1, -0.05) is 46.1 Å². The first-order valence-corrected chi connectivity index (χ1v) is 13.2. The molecule has 182 valence electrons. The first-order valence-electron chi connectivity index (χ1n) is 12.4. The van der Waals surface area contributed by atoms with E-state index < -0.39 is 6.04 Å². The van der Waals surface area contributed by atoms with Gasteiger partial charge in [-0.05, 0) is 56.5 Å². The maximum atomic E-state index is 13.4. The minimum atomic E-state index is -0.615. The number of carbonyl (C=O) groups excluding carboxylic acids is 2. The van der Waals surface area contributed by atoms with E-state index in [1.54, 1.807) is 11.3 Å². The van der Waals surface area contributed by atoms with Gasteiger partial charge in [-0.15, -0.1) is 11.3 Å². The van der Waals surface area contributed by atoms with E-state index in [9.17, 15) is 9.59 Å². The largest absolute Gasteiger partial charge is 0.350 e. The summed E-state index contributed by atoms with van der Waals surface area (Å²) in [5.41, 5.74) is 2.23. The predicted octanol–water partition coefficient (Wildman–Crippen LogP) is 4.48. The summed E-state index contributed by atoms with van der Waals surface area (Å²) in [4.78, 5) is 32.6. The average molecular weight is 473 g/mol. The van der Waals surface area contributed by atoms with Crippen LogP contribution < -0.4 is 10.6 Å². The normalized spacial score (nSPS) is 16.8. The van der Waals surface area contributed by atoms with Crippen molar-refractivity contribution in [1.82, 2.24) is 20.5 Å². The van der Waals surface area contributed by atoms with Gasteiger partial charge in [0.1, 0.15) is 6.04 Å². The molecule has 2 amide bonds. The molecule has 1 saturated carbocycles. The molecule has 7 heteroatoms. The highest BCUT2D eigenvalue weighted by molar-refractivity contribution is 7.18. The quantitative estimate of drug-likeness (QED) is 0.535. The molecular formula is C26H40N4O2S. The molecule has 3 rings (SSSR count). The standard InChI is InChI=1S/C26H40N4O2S/c1-6-24(31)27-21(15-25-28-20-13-12-19(17(2)3)14-23(20)33-25)26(32)29-22(16-30(4)5)18-10-8-7-9-11-18/h12-14,17-18,21-22H,6-11,15-16H2,1-5H3,(H,27,31)(H,29,32)/t21-,22+/m0/s1. The Balaban J connectivity index is 1.78. The second-order valence-electron chi connectivity index (χ2n) is 9.94. The van der Waals surface area contributed by atoms with E-state index in [1.165, 1.54) is 24.8 Å². The maximum absolute atomic E-state index is 13.4. The van der Waals surface area contributed by atoms with E-state index in [1.807, 2.05) is 21.0 Å². The van der Waals surface area contributed by atoms with E-state index >= 15 is 0 Å². The van der Waals surface area contributed by atoms with Gasteiger partial charge in [0.2, 0.25) is 11.8 Å². The van der Waals surface area contributed by atoms with E-state index in [0.717, 1.165) is 34.6 Å². The van der Waals surface area contributed by atoms with Gasteiger partial charge >= 0.3 is 0 Å². The number of benzene rings is 1. The lowest BCUT2D eigenvalue weighted by atomic mass is 9.83. The summed E-state index contributed by atoms with van der Waals surface area (Å²) >= 11 is 1.62. The Morgan fingerprint density at radius 3 is 2.52 bits per heavy atom. The summed E-state index contributed by atoms with van der Waals surface area (Å²) in [5.74, 6) is 0.733. The molecule has 33 heavy (non-hydrogen) atoms. The van der Waals surface area contributed by atoms with Gasteiger partial charge in [0.15, 0.2) is 0 Å². The number of nitrogens with zero attached hydrogens (tertiary/aromatic N) is 2. The number of nitrogens with one attached hydrogen (secondary N) is 2. The van der Waals surface area contributed by atoms with Crippen LogP contribution in [0.4, 0.5) is 0 Å². The molecular weight excluding hydrogens is 432 g/mol. The van der Waals surface area contributed by atoms with Crippen LogP contribution in [0.3, 0.4) is 0 Å². The predicted molar refractivity (Wildman–Crippen MR) is 137 cm³/mol. The molecule has 2 atom stereocenters. The lowest BCUT2D eigenvalue weighted by molar-refractivity contribution is -0.129. The molecule has 6 nitrogen and oxygen atoms in total. The molecule has 2 aromatic rings. The molecule has 0 aliphatic heterocycles. The molecule has 0 bridgehead atoms. The molecule has 1 aliphatic rings. The minimum Gasteiger partial charge on any atom is -0.350 e. The minimum absolute atomic E-state index is 0.0952. The Morgan fingerprint density at radius 2 is 1.88 bits per heavy atom. The highest BCUT2D eigenvalue weighted by Crippen LogP contribution is 2.28. The van der Waals surface area contributed by atoms with Crippen LogP contribution in [0.15, 0.2) is 18.2 Å². The van der Waals surface area contributed by atoms with Crippen LogP contribution in [-0.2, 0) is 16.0 Å². The number of hydrogen-bond donors (Lipinski definition) is 2. The van der Waals surface area contributed by atoms with Crippen LogP contribution in [0, 0.1) is 5.92 Å². The summed E-state index contributed by atoms with van der Waals surface area (Å²) in [6.07, 6.45) is 6.81. The van der Waals surface area contributed by atoms with Crippen molar-refractivity contribution >= 4 is 33.4 Å². The Morgan fingerprint density at radius 1 is 1.15 bits per heavy atom. The smallest absolute Gasteiger partial charge is 0.243 e. The van der Waals surface area contributed by atoms with Crippen LogP contribution in [0.2, 0.25) is 0 Å². The van der Waals surface area contributed by atoms with Gasteiger partial charge in [0.05, 0.1) is 15.2 Å². The van der Waals surface area contributed by atoms with Crippen molar-refractivity contribution in [2.45, 2.75) is 83.7 Å². The van der Waals surface area contributed by atoms with E-state index in [2.05, 4.69) is 47.6 Å². The third-order valence-electron chi connectivity index (χ3n) is 6.58. The van der Waals surface area contributed by atoms with E-state index in [4.69, 9.17) is 4.98 Å². The number of thiazole rings is 1. The summed E-state index contributed by atoms with van der Waals surface area (Å²) in [7, 11) is 4.09. The first-order chi connectivity index (χ1) is 15.8. The van der Waals surface area contributed by atoms with Crippen molar-refractivity contribution in [3.05, 3.63) is 28.8 Å². The molecule has 1 aromatic carbocycles. The van der Waals surface area contributed by atoms with Crippen LogP contribution in [0.1, 0.15) is 75.8 Å². The van der Waals surface area contributed by atoms with Crippen LogP contribution in [0.25, 0.3) is 10.2 Å². The molecule has 0 spiro atoms. The third kappa shape index (κ3) is 7.24. The maximum Gasteiger partial charge on any atom is 0.243 e. The summed E-state index contributed by atoms with van der Waals surface area (Å²) in [5, 5.41) is 7.14. The fourth-order valence-corrected chi connectivity index (χ4v) is 5.70. The van der Waals surface area contributed by atoms with E-state index in [0.29, 0.717) is 24.7 Å². The van der Waals surface area contributed by atoms with Gasteiger partial charge < -0.3 is 15.5 Å². The number of fused-ring (bicyclic) bond motifs is 1. The topological polar surface area (TPSA) is 74.3 Å². The third-order valence-corrected chi connectivity index (χ3v) is 7.62. The fraction of sp³-hybridized carbons (Fsp3) is 0.654. The van der Waals surface area contributed by atoms with Crippen molar-refractivity contribution in [2.75, 3.05) is 20.6 Å². The Hall–Kier alpha value is -1.99. The van der Waals surface area contributed by atoms with Gasteiger partial charge in [0.25, 0.3) is 0 Å². The number of aromatic nitrogens is 1.